The van der Waals surface area contributed by atoms with Gasteiger partial charge in [0.2, 0.25) is 5.91 Å². The van der Waals surface area contributed by atoms with Crippen molar-refractivity contribution in [3.63, 3.8) is 0 Å². The Kier molecular flexibility index (Phi) is 2.85. The molecule has 0 unspecified atom stereocenters. The molecule has 0 aromatic heterocycles. The van der Waals surface area contributed by atoms with E-state index in [-0.39, 0.29) is 16.9 Å². The van der Waals surface area contributed by atoms with Crippen molar-refractivity contribution in [3.8, 4) is 0 Å². The van der Waals surface area contributed by atoms with Crippen LogP contribution in [0.2, 0.25) is 0 Å². The molecular formula is C12H21NO2. The van der Waals surface area contributed by atoms with E-state index in [0.29, 0.717) is 6.54 Å². The molecule has 0 fully saturated rings. The lowest BCUT2D eigenvalue weighted by molar-refractivity contribution is -0.123. The van der Waals surface area contributed by atoms with E-state index in [1.807, 2.05) is 0 Å². The van der Waals surface area contributed by atoms with E-state index in [2.05, 4.69) is 34.6 Å². The van der Waals surface area contributed by atoms with Gasteiger partial charge in [-0.25, -0.2) is 0 Å². The van der Waals surface area contributed by atoms with Gasteiger partial charge in [0.15, 0.2) is 0 Å². The molecule has 0 N–H and O–H groups in total. The van der Waals surface area contributed by atoms with Crippen LogP contribution in [0.1, 0.15) is 34.6 Å². The first-order valence-corrected chi connectivity index (χ1v) is 5.28. The van der Waals surface area contributed by atoms with E-state index in [1.54, 1.807) is 18.0 Å². The summed E-state index contributed by atoms with van der Waals surface area (Å²) in [5, 5.41) is 0. The zero-order valence-corrected chi connectivity index (χ0v) is 10.5. The molecule has 0 aromatic rings. The maximum Gasteiger partial charge on any atom is 0.250 e. The minimum Gasteiger partial charge on any atom is -0.490 e. The summed E-state index contributed by atoms with van der Waals surface area (Å²) < 4.78 is 5.90. The number of amides is 1. The highest BCUT2D eigenvalue weighted by atomic mass is 16.5. The first-order valence-electron chi connectivity index (χ1n) is 5.28. The smallest absolute Gasteiger partial charge is 0.250 e. The fourth-order valence-corrected chi connectivity index (χ4v) is 1.15. The number of nitrogens with zero attached hydrogens (tertiary/aromatic N) is 1. The summed E-state index contributed by atoms with van der Waals surface area (Å²) in [6.07, 6.45) is 1.58. The zero-order valence-electron chi connectivity index (χ0n) is 10.5. The number of likely N-dealkylation sites (N-methyl/N-ethyl adjacent to an activating group) is 1. The summed E-state index contributed by atoms with van der Waals surface area (Å²) in [5.74, 6) is 0.789. The van der Waals surface area contributed by atoms with Crippen LogP contribution in [0, 0.1) is 5.41 Å². The number of rotatable bonds is 2. The fraction of sp³-hybridized carbons (Fsp3) is 0.750. The molecule has 0 aromatic carbocycles. The lowest BCUT2D eigenvalue weighted by atomic mass is 9.79. The fourth-order valence-electron chi connectivity index (χ4n) is 1.15. The molecule has 0 radical (unpaired) electrons. The van der Waals surface area contributed by atoms with Gasteiger partial charge in [-0.05, 0) is 13.8 Å². The van der Waals surface area contributed by atoms with E-state index in [0.717, 1.165) is 5.76 Å². The second-order valence-corrected chi connectivity index (χ2v) is 5.67. The van der Waals surface area contributed by atoms with Crippen LogP contribution in [-0.2, 0) is 9.53 Å². The van der Waals surface area contributed by atoms with Crippen LogP contribution < -0.4 is 0 Å². The third-order valence-corrected chi connectivity index (χ3v) is 3.25. The van der Waals surface area contributed by atoms with Gasteiger partial charge >= 0.3 is 0 Å². The van der Waals surface area contributed by atoms with Crippen LogP contribution in [0.3, 0.4) is 0 Å². The average Bonchev–Trinajstić information content (AvgIpc) is 2.27. The Morgan fingerprint density at radius 2 is 1.80 bits per heavy atom. The first-order chi connectivity index (χ1) is 6.63. The summed E-state index contributed by atoms with van der Waals surface area (Å²) in [4.78, 5) is 12.9. The minimum atomic E-state index is -0.274. The number of carbonyl (C=O) groups excluding carboxylic acids is 1. The molecule has 3 nitrogen and oxygen atoms in total. The molecule has 0 bridgehead atoms. The monoisotopic (exact) mass is 211 g/mol. The molecule has 1 aliphatic rings. The average molecular weight is 211 g/mol. The molecule has 0 saturated heterocycles. The Morgan fingerprint density at radius 1 is 1.27 bits per heavy atom. The van der Waals surface area contributed by atoms with Gasteiger partial charge in [0.25, 0.3) is 0 Å². The van der Waals surface area contributed by atoms with E-state index < -0.39 is 0 Å². The summed E-state index contributed by atoms with van der Waals surface area (Å²) in [6.45, 7) is 11.1. The van der Waals surface area contributed by atoms with Crippen LogP contribution >= 0.6 is 0 Å². The molecular weight excluding hydrogens is 190 g/mol. The van der Waals surface area contributed by atoms with Crippen molar-refractivity contribution in [3.05, 3.63) is 11.8 Å². The van der Waals surface area contributed by atoms with Crippen LogP contribution in [0.4, 0.5) is 0 Å². The third kappa shape index (κ3) is 2.52. The highest BCUT2D eigenvalue weighted by molar-refractivity contribution is 5.90. The van der Waals surface area contributed by atoms with Gasteiger partial charge in [0.1, 0.15) is 11.4 Å². The lowest BCUT2D eigenvalue weighted by Gasteiger charge is -2.39. The van der Waals surface area contributed by atoms with Crippen LogP contribution in [-0.4, -0.2) is 30.0 Å². The molecule has 1 heterocycles. The van der Waals surface area contributed by atoms with Crippen LogP contribution in [0.15, 0.2) is 11.8 Å². The highest BCUT2D eigenvalue weighted by Gasteiger charge is 2.36. The molecule has 86 valence electrons. The summed E-state index contributed by atoms with van der Waals surface area (Å²) in [5.41, 5.74) is -0.234. The zero-order chi connectivity index (χ0) is 11.9. The quantitative estimate of drug-likeness (QED) is 0.700. The van der Waals surface area contributed by atoms with E-state index in [4.69, 9.17) is 4.74 Å². The van der Waals surface area contributed by atoms with Crippen molar-refractivity contribution in [2.75, 3.05) is 13.6 Å². The first kappa shape index (κ1) is 12.1. The van der Waals surface area contributed by atoms with Crippen molar-refractivity contribution < 1.29 is 9.53 Å². The molecule has 15 heavy (non-hydrogen) atoms. The van der Waals surface area contributed by atoms with Gasteiger partial charge in [-0.1, -0.05) is 20.8 Å². The molecule has 3 heteroatoms. The highest BCUT2D eigenvalue weighted by Crippen LogP contribution is 2.35. The van der Waals surface area contributed by atoms with Crippen LogP contribution in [0.5, 0.6) is 0 Å². The Labute approximate surface area is 92.1 Å². The van der Waals surface area contributed by atoms with E-state index >= 15 is 0 Å². The van der Waals surface area contributed by atoms with Gasteiger partial charge in [-0.2, -0.15) is 0 Å². The Bertz CT molecular complexity index is 297. The molecule has 0 aliphatic carbocycles. The van der Waals surface area contributed by atoms with Crippen molar-refractivity contribution >= 4 is 5.91 Å². The maximum absolute atomic E-state index is 11.3. The summed E-state index contributed by atoms with van der Waals surface area (Å²) in [6, 6.07) is 0. The molecule has 1 rings (SSSR count). The Hall–Kier alpha value is -0.990. The van der Waals surface area contributed by atoms with E-state index in [1.165, 1.54) is 0 Å². The predicted molar refractivity (Wildman–Crippen MR) is 60.3 cm³/mol. The van der Waals surface area contributed by atoms with Crippen molar-refractivity contribution in [2.24, 2.45) is 5.41 Å². The van der Waals surface area contributed by atoms with Crippen molar-refractivity contribution in [1.82, 2.24) is 4.90 Å². The molecule has 0 atom stereocenters. The number of ether oxygens (including phenoxy) is 1. The second kappa shape index (κ2) is 3.54. The van der Waals surface area contributed by atoms with Crippen molar-refractivity contribution in [2.45, 2.75) is 40.2 Å². The number of carbonyl (C=O) groups is 1. The van der Waals surface area contributed by atoms with Crippen molar-refractivity contribution in [1.29, 1.82) is 0 Å². The number of hydrogen-bond acceptors (Lipinski definition) is 2. The van der Waals surface area contributed by atoms with Gasteiger partial charge < -0.3 is 9.64 Å². The van der Waals surface area contributed by atoms with Crippen LogP contribution in [0.25, 0.3) is 0 Å². The Morgan fingerprint density at radius 3 is 2.13 bits per heavy atom. The van der Waals surface area contributed by atoms with E-state index in [9.17, 15) is 4.79 Å². The minimum absolute atomic E-state index is 0.0229. The molecule has 1 amide bonds. The maximum atomic E-state index is 11.3. The van der Waals surface area contributed by atoms with Gasteiger partial charge in [0, 0.05) is 18.5 Å². The molecule has 0 spiro atoms. The lowest BCUT2D eigenvalue weighted by Crippen LogP contribution is -2.39. The second-order valence-electron chi connectivity index (χ2n) is 5.67. The Balaban J connectivity index is 2.72. The number of hydrogen-bond donors (Lipinski definition) is 0. The predicted octanol–water partition coefficient (Wildman–Crippen LogP) is 2.18. The molecule has 0 saturated carbocycles. The molecule has 1 aliphatic heterocycles. The normalized spacial score (nSPS) is 18.1. The van der Waals surface area contributed by atoms with Gasteiger partial charge in [-0.15, -0.1) is 0 Å². The largest absolute Gasteiger partial charge is 0.490 e. The van der Waals surface area contributed by atoms with Gasteiger partial charge in [-0.3, -0.25) is 4.79 Å². The standard InChI is InChI=1S/C12H21NO2/c1-11(2,3)12(4,5)15-9-7-10(14)13(6)8-9/h7H,8H2,1-6H3. The third-order valence-electron chi connectivity index (χ3n) is 3.25. The topological polar surface area (TPSA) is 29.5 Å². The summed E-state index contributed by atoms with van der Waals surface area (Å²) >= 11 is 0. The SMILES string of the molecule is CN1CC(OC(C)(C)C(C)(C)C)=CC1=O. The summed E-state index contributed by atoms with van der Waals surface area (Å²) in [7, 11) is 1.78. The van der Waals surface area contributed by atoms with Gasteiger partial charge in [0.05, 0.1) is 6.54 Å².